The van der Waals surface area contributed by atoms with Gasteiger partial charge in [0.15, 0.2) is 0 Å². The number of aryl methyl sites for hydroxylation is 1. The zero-order valence-electron chi connectivity index (χ0n) is 22.9. The maximum absolute atomic E-state index is 2.48. The quantitative estimate of drug-likeness (QED) is 0.286. The van der Waals surface area contributed by atoms with Crippen LogP contribution in [0.15, 0.2) is 24.3 Å². The number of rotatable bonds is 11. The Balaban J connectivity index is 1.11. The Bertz CT molecular complexity index is 648. The SMILES string of the molecule is CCCCCC1CCC(C2CCC(CCc3ccc(C4CCC(CCC)CC4)cc3)CC2)CC1. The highest BCUT2D eigenvalue weighted by atomic mass is 14.4. The molecule has 0 atom stereocenters. The van der Waals surface area contributed by atoms with Crippen LogP contribution in [-0.2, 0) is 6.42 Å². The molecule has 1 aromatic carbocycles. The van der Waals surface area contributed by atoms with Crippen molar-refractivity contribution in [3.05, 3.63) is 35.4 Å². The van der Waals surface area contributed by atoms with Gasteiger partial charge in [-0.15, -0.1) is 0 Å². The molecule has 0 bridgehead atoms. The molecule has 0 aromatic heterocycles. The predicted molar refractivity (Wildman–Crippen MR) is 149 cm³/mol. The molecule has 0 nitrogen and oxygen atoms in total. The van der Waals surface area contributed by atoms with E-state index in [2.05, 4.69) is 38.1 Å². The second-order valence-electron chi connectivity index (χ2n) is 12.8. The van der Waals surface area contributed by atoms with E-state index in [1.54, 1.807) is 36.8 Å². The van der Waals surface area contributed by atoms with E-state index in [0.717, 1.165) is 35.5 Å². The fraction of sp³-hybridized carbons (Fsp3) is 0.824. The Morgan fingerprint density at radius 2 is 1.06 bits per heavy atom. The zero-order valence-corrected chi connectivity index (χ0v) is 22.9. The summed E-state index contributed by atoms with van der Waals surface area (Å²) in [5.41, 5.74) is 3.21. The molecule has 0 spiro atoms. The summed E-state index contributed by atoms with van der Waals surface area (Å²) in [6.45, 7) is 4.68. The van der Waals surface area contributed by atoms with Crippen molar-refractivity contribution in [1.29, 1.82) is 0 Å². The summed E-state index contributed by atoms with van der Waals surface area (Å²) in [5.74, 6) is 6.06. The van der Waals surface area contributed by atoms with Crippen molar-refractivity contribution in [2.24, 2.45) is 29.6 Å². The van der Waals surface area contributed by atoms with Gasteiger partial charge in [-0.25, -0.2) is 0 Å². The molecule has 3 saturated carbocycles. The highest BCUT2D eigenvalue weighted by molar-refractivity contribution is 5.26. The Hall–Kier alpha value is -0.780. The summed E-state index contributed by atoms with van der Waals surface area (Å²) in [6.07, 6.45) is 29.5. The van der Waals surface area contributed by atoms with E-state index >= 15 is 0 Å². The summed E-state index contributed by atoms with van der Waals surface area (Å²) in [5, 5.41) is 0. The summed E-state index contributed by atoms with van der Waals surface area (Å²) >= 11 is 0. The number of hydrogen-bond donors (Lipinski definition) is 0. The van der Waals surface area contributed by atoms with Crippen LogP contribution in [0.3, 0.4) is 0 Å². The average molecular weight is 465 g/mol. The van der Waals surface area contributed by atoms with Crippen molar-refractivity contribution in [2.45, 2.75) is 148 Å². The number of unbranched alkanes of at least 4 members (excludes halogenated alkanes) is 2. The summed E-state index contributed by atoms with van der Waals surface area (Å²) in [4.78, 5) is 0. The maximum atomic E-state index is 2.48. The number of hydrogen-bond acceptors (Lipinski definition) is 0. The fourth-order valence-corrected chi connectivity index (χ4v) is 8.10. The molecule has 0 heteroatoms. The molecule has 3 aliphatic rings. The molecule has 192 valence electrons. The smallest absolute Gasteiger partial charge is 0.0162 e. The zero-order chi connectivity index (χ0) is 23.6. The maximum Gasteiger partial charge on any atom is -0.0162 e. The van der Waals surface area contributed by atoms with E-state index in [9.17, 15) is 0 Å². The van der Waals surface area contributed by atoms with Gasteiger partial charge in [0.05, 0.1) is 0 Å². The second-order valence-corrected chi connectivity index (χ2v) is 12.8. The Morgan fingerprint density at radius 1 is 0.529 bits per heavy atom. The molecule has 0 radical (unpaired) electrons. The van der Waals surface area contributed by atoms with E-state index in [1.165, 1.54) is 103 Å². The van der Waals surface area contributed by atoms with Gasteiger partial charge in [0, 0.05) is 0 Å². The van der Waals surface area contributed by atoms with Crippen molar-refractivity contribution in [3.8, 4) is 0 Å². The van der Waals surface area contributed by atoms with Gasteiger partial charge in [-0.1, -0.05) is 102 Å². The molecule has 3 fully saturated rings. The van der Waals surface area contributed by atoms with Crippen LogP contribution in [0.1, 0.15) is 153 Å². The lowest BCUT2D eigenvalue weighted by atomic mass is 9.68. The Morgan fingerprint density at radius 3 is 1.62 bits per heavy atom. The lowest BCUT2D eigenvalue weighted by Crippen LogP contribution is -2.26. The van der Waals surface area contributed by atoms with Gasteiger partial charge in [0.25, 0.3) is 0 Å². The molecule has 1 aromatic rings. The van der Waals surface area contributed by atoms with Gasteiger partial charge in [0.1, 0.15) is 0 Å². The second kappa shape index (κ2) is 14.1. The minimum absolute atomic E-state index is 0.837. The number of benzene rings is 1. The molecule has 0 N–H and O–H groups in total. The van der Waals surface area contributed by atoms with E-state index in [0.29, 0.717) is 0 Å². The first kappa shape index (κ1) is 26.3. The highest BCUT2D eigenvalue weighted by Crippen LogP contribution is 2.43. The minimum Gasteiger partial charge on any atom is -0.0654 e. The third kappa shape index (κ3) is 7.86. The normalized spacial score (nSPS) is 32.5. The molecule has 3 aliphatic carbocycles. The molecular formula is C34H56. The van der Waals surface area contributed by atoms with E-state index in [-0.39, 0.29) is 0 Å². The van der Waals surface area contributed by atoms with Gasteiger partial charge >= 0.3 is 0 Å². The van der Waals surface area contributed by atoms with Crippen molar-refractivity contribution < 1.29 is 0 Å². The molecule has 0 aliphatic heterocycles. The van der Waals surface area contributed by atoms with E-state index < -0.39 is 0 Å². The van der Waals surface area contributed by atoms with Crippen LogP contribution in [0.2, 0.25) is 0 Å². The van der Waals surface area contributed by atoms with E-state index in [4.69, 9.17) is 0 Å². The van der Waals surface area contributed by atoms with Crippen LogP contribution < -0.4 is 0 Å². The molecular weight excluding hydrogens is 408 g/mol. The molecule has 4 rings (SSSR count). The van der Waals surface area contributed by atoms with Gasteiger partial charge in [0.2, 0.25) is 0 Å². The summed E-state index contributed by atoms with van der Waals surface area (Å²) in [7, 11) is 0. The lowest BCUT2D eigenvalue weighted by molar-refractivity contribution is 0.140. The van der Waals surface area contributed by atoms with Crippen LogP contribution in [-0.4, -0.2) is 0 Å². The highest BCUT2D eigenvalue weighted by Gasteiger charge is 2.30. The molecule has 0 unspecified atom stereocenters. The third-order valence-corrected chi connectivity index (χ3v) is 10.5. The average Bonchev–Trinajstić information content (AvgIpc) is 2.89. The topological polar surface area (TPSA) is 0 Å². The van der Waals surface area contributed by atoms with Crippen LogP contribution in [0, 0.1) is 29.6 Å². The van der Waals surface area contributed by atoms with Crippen molar-refractivity contribution in [2.75, 3.05) is 0 Å². The first-order valence-corrected chi connectivity index (χ1v) is 15.8. The van der Waals surface area contributed by atoms with E-state index in [1.807, 2.05) is 0 Å². The van der Waals surface area contributed by atoms with Crippen LogP contribution in [0.4, 0.5) is 0 Å². The molecule has 0 saturated heterocycles. The standard InChI is InChI=1S/C34H56/c1-3-5-6-8-28-13-21-32(22-14-28)34-25-17-30(18-26-34)10-9-29-15-23-33(24-16-29)31-19-11-27(7-4-2)12-20-31/h15-16,23-24,27-28,30-32,34H,3-14,17-22,25-26H2,1-2H3. The Kier molecular flexibility index (Phi) is 10.9. The third-order valence-electron chi connectivity index (χ3n) is 10.5. The van der Waals surface area contributed by atoms with Gasteiger partial charge < -0.3 is 0 Å². The molecule has 34 heavy (non-hydrogen) atoms. The molecule has 0 heterocycles. The summed E-state index contributed by atoms with van der Waals surface area (Å²) in [6, 6.07) is 9.90. The predicted octanol–water partition coefficient (Wildman–Crippen LogP) is 10.9. The van der Waals surface area contributed by atoms with Crippen molar-refractivity contribution in [3.63, 3.8) is 0 Å². The van der Waals surface area contributed by atoms with Crippen LogP contribution >= 0.6 is 0 Å². The minimum atomic E-state index is 0.837. The van der Waals surface area contributed by atoms with Crippen molar-refractivity contribution in [1.82, 2.24) is 0 Å². The first-order valence-electron chi connectivity index (χ1n) is 15.8. The van der Waals surface area contributed by atoms with Gasteiger partial charge in [-0.05, 0) is 111 Å². The fourth-order valence-electron chi connectivity index (χ4n) is 8.10. The Labute approximate surface area is 213 Å². The lowest BCUT2D eigenvalue weighted by Gasteiger charge is -2.38. The largest absolute Gasteiger partial charge is 0.0654 e. The van der Waals surface area contributed by atoms with Crippen LogP contribution in [0.5, 0.6) is 0 Å². The monoisotopic (exact) mass is 464 g/mol. The van der Waals surface area contributed by atoms with Crippen LogP contribution in [0.25, 0.3) is 0 Å². The van der Waals surface area contributed by atoms with Gasteiger partial charge in [-0.3, -0.25) is 0 Å². The first-order chi connectivity index (χ1) is 16.7. The van der Waals surface area contributed by atoms with Crippen molar-refractivity contribution >= 4 is 0 Å². The summed E-state index contributed by atoms with van der Waals surface area (Å²) < 4.78 is 0. The van der Waals surface area contributed by atoms with Gasteiger partial charge in [-0.2, -0.15) is 0 Å². The molecule has 0 amide bonds.